The zero-order chi connectivity index (χ0) is 30.9. The van der Waals surface area contributed by atoms with E-state index in [4.69, 9.17) is 4.74 Å². The highest BCUT2D eigenvalue weighted by atomic mass is 16.5. The zero-order valence-electron chi connectivity index (χ0n) is 25.6. The Morgan fingerprint density at radius 3 is 1.40 bits per heavy atom. The lowest BCUT2D eigenvalue weighted by Crippen LogP contribution is -1.99. The van der Waals surface area contributed by atoms with Gasteiger partial charge >= 0.3 is 0 Å². The van der Waals surface area contributed by atoms with Crippen molar-refractivity contribution in [3.8, 4) is 56.0 Å². The molecule has 0 aromatic heterocycles. The SMILES string of the molecule is c1ccc2c(c1)Oc1c(-c3c4ccccc4c(-c4cccc5ccccc45)c4ccccc34)cccc1-c1cccc3cccc-2c13. The van der Waals surface area contributed by atoms with Gasteiger partial charge in [0.2, 0.25) is 0 Å². The molecule has 47 heavy (non-hydrogen) atoms. The van der Waals surface area contributed by atoms with Crippen LogP contribution in [-0.2, 0) is 0 Å². The van der Waals surface area contributed by atoms with Gasteiger partial charge in [-0.25, -0.2) is 0 Å². The van der Waals surface area contributed by atoms with Crippen LogP contribution in [0.5, 0.6) is 11.5 Å². The number of para-hydroxylation sites is 2. The van der Waals surface area contributed by atoms with Crippen molar-refractivity contribution in [1.82, 2.24) is 0 Å². The third-order valence-corrected chi connectivity index (χ3v) is 9.86. The summed E-state index contributed by atoms with van der Waals surface area (Å²) in [6.45, 7) is 0. The highest BCUT2D eigenvalue weighted by molar-refractivity contribution is 6.24. The topological polar surface area (TPSA) is 9.23 Å². The molecule has 1 heteroatoms. The lowest BCUT2D eigenvalue weighted by molar-refractivity contribution is 0.488. The molecule has 0 amide bonds. The van der Waals surface area contributed by atoms with Crippen molar-refractivity contribution in [1.29, 1.82) is 0 Å². The molecule has 0 radical (unpaired) electrons. The molecular formula is C46H28O. The molecule has 10 rings (SSSR count). The summed E-state index contributed by atoms with van der Waals surface area (Å²) in [7, 11) is 0. The van der Waals surface area contributed by atoms with Gasteiger partial charge < -0.3 is 4.74 Å². The third-order valence-electron chi connectivity index (χ3n) is 9.86. The van der Waals surface area contributed by atoms with Crippen LogP contribution in [0, 0.1) is 0 Å². The average Bonchev–Trinajstić information content (AvgIpc) is 3.13. The number of ether oxygens (including phenoxy) is 1. The molecule has 1 aliphatic heterocycles. The van der Waals surface area contributed by atoms with Crippen molar-refractivity contribution < 1.29 is 4.74 Å². The lowest BCUT2D eigenvalue weighted by Gasteiger charge is -2.25. The fourth-order valence-electron chi connectivity index (χ4n) is 7.89. The summed E-state index contributed by atoms with van der Waals surface area (Å²) in [5.74, 6) is 1.75. The van der Waals surface area contributed by atoms with E-state index in [1.807, 2.05) is 0 Å². The van der Waals surface area contributed by atoms with Gasteiger partial charge in [0.1, 0.15) is 11.5 Å². The van der Waals surface area contributed by atoms with Crippen molar-refractivity contribution in [3.05, 3.63) is 170 Å². The Morgan fingerprint density at radius 2 is 0.702 bits per heavy atom. The van der Waals surface area contributed by atoms with Crippen LogP contribution in [-0.4, -0.2) is 0 Å². The number of benzene rings is 9. The van der Waals surface area contributed by atoms with Crippen molar-refractivity contribution >= 4 is 43.1 Å². The molecule has 0 spiro atoms. The molecule has 0 fully saturated rings. The standard InChI is InChI=1S/C46H28O/c1-2-17-31-29(13-1)14-9-23-33(31)44-35-19-3-5-21-37(35)45(38-22-6-4-20-36(38)44)41-27-12-26-40-39-25-11-16-30-15-10-24-34(43(30)39)32-18-7-8-28-42(32)47-46(40)41/h1-28H. The second kappa shape index (κ2) is 10.2. The monoisotopic (exact) mass is 596 g/mol. The van der Waals surface area contributed by atoms with Gasteiger partial charge in [0.15, 0.2) is 0 Å². The van der Waals surface area contributed by atoms with Gasteiger partial charge in [-0.05, 0) is 71.4 Å². The minimum atomic E-state index is 0.865. The Kier molecular flexibility index (Phi) is 5.64. The molecule has 0 bridgehead atoms. The predicted molar refractivity (Wildman–Crippen MR) is 198 cm³/mol. The fourth-order valence-corrected chi connectivity index (χ4v) is 7.89. The highest BCUT2D eigenvalue weighted by Gasteiger charge is 2.25. The molecular weight excluding hydrogens is 569 g/mol. The van der Waals surface area contributed by atoms with E-state index in [2.05, 4.69) is 170 Å². The highest BCUT2D eigenvalue weighted by Crippen LogP contribution is 2.53. The van der Waals surface area contributed by atoms with Crippen LogP contribution >= 0.6 is 0 Å². The van der Waals surface area contributed by atoms with Crippen LogP contribution in [0.15, 0.2) is 170 Å². The maximum absolute atomic E-state index is 7.13. The van der Waals surface area contributed by atoms with Gasteiger partial charge in [-0.1, -0.05) is 164 Å². The molecule has 0 aliphatic carbocycles. The van der Waals surface area contributed by atoms with E-state index in [9.17, 15) is 0 Å². The fraction of sp³-hybridized carbons (Fsp3) is 0. The first kappa shape index (κ1) is 26.1. The minimum Gasteiger partial charge on any atom is -0.455 e. The Morgan fingerprint density at radius 1 is 0.277 bits per heavy atom. The van der Waals surface area contributed by atoms with Gasteiger partial charge in [0.05, 0.1) is 0 Å². The molecule has 9 aromatic carbocycles. The smallest absolute Gasteiger partial charge is 0.143 e. The van der Waals surface area contributed by atoms with Gasteiger partial charge in [-0.3, -0.25) is 0 Å². The molecule has 218 valence electrons. The first-order valence-electron chi connectivity index (χ1n) is 16.2. The van der Waals surface area contributed by atoms with E-state index in [-0.39, 0.29) is 0 Å². The van der Waals surface area contributed by atoms with Gasteiger partial charge in [0.25, 0.3) is 0 Å². The zero-order valence-corrected chi connectivity index (χ0v) is 25.6. The third kappa shape index (κ3) is 3.84. The normalized spacial score (nSPS) is 12.0. The average molecular weight is 597 g/mol. The van der Waals surface area contributed by atoms with E-state index in [1.54, 1.807) is 0 Å². The predicted octanol–water partition coefficient (Wildman–Crippen LogP) is 13.1. The first-order valence-corrected chi connectivity index (χ1v) is 16.2. The number of hydrogen-bond acceptors (Lipinski definition) is 1. The number of hydrogen-bond donors (Lipinski definition) is 0. The second-order valence-electron chi connectivity index (χ2n) is 12.4. The summed E-state index contributed by atoms with van der Waals surface area (Å²) >= 11 is 0. The molecule has 0 unspecified atom stereocenters. The summed E-state index contributed by atoms with van der Waals surface area (Å²) < 4.78 is 7.13. The van der Waals surface area contributed by atoms with E-state index in [0.717, 1.165) is 28.2 Å². The van der Waals surface area contributed by atoms with Gasteiger partial charge in [-0.2, -0.15) is 0 Å². The lowest BCUT2D eigenvalue weighted by atomic mass is 9.83. The van der Waals surface area contributed by atoms with Crippen molar-refractivity contribution in [2.75, 3.05) is 0 Å². The van der Waals surface area contributed by atoms with Crippen LogP contribution in [0.25, 0.3) is 87.6 Å². The van der Waals surface area contributed by atoms with Crippen molar-refractivity contribution in [2.45, 2.75) is 0 Å². The van der Waals surface area contributed by atoms with Gasteiger partial charge in [0, 0.05) is 22.3 Å². The maximum Gasteiger partial charge on any atom is 0.143 e. The minimum absolute atomic E-state index is 0.865. The summed E-state index contributed by atoms with van der Waals surface area (Å²) in [5.41, 5.74) is 9.37. The molecule has 1 aliphatic rings. The summed E-state index contributed by atoms with van der Waals surface area (Å²) in [6.07, 6.45) is 0. The molecule has 1 heterocycles. The summed E-state index contributed by atoms with van der Waals surface area (Å²) in [4.78, 5) is 0. The van der Waals surface area contributed by atoms with Crippen LogP contribution in [0.1, 0.15) is 0 Å². The molecule has 0 saturated heterocycles. The number of fused-ring (bicyclic) bond motifs is 7. The van der Waals surface area contributed by atoms with E-state index >= 15 is 0 Å². The van der Waals surface area contributed by atoms with Crippen LogP contribution in [0.4, 0.5) is 0 Å². The van der Waals surface area contributed by atoms with Crippen LogP contribution < -0.4 is 4.74 Å². The second-order valence-corrected chi connectivity index (χ2v) is 12.4. The molecule has 0 saturated carbocycles. The van der Waals surface area contributed by atoms with E-state index in [0.29, 0.717) is 0 Å². The van der Waals surface area contributed by atoms with E-state index < -0.39 is 0 Å². The maximum atomic E-state index is 7.13. The van der Waals surface area contributed by atoms with Crippen LogP contribution in [0.3, 0.4) is 0 Å². The number of rotatable bonds is 2. The summed E-state index contributed by atoms with van der Waals surface area (Å²) in [6, 6.07) is 61.4. The van der Waals surface area contributed by atoms with E-state index in [1.165, 1.54) is 70.9 Å². The molecule has 9 aromatic rings. The Labute approximate surface area is 272 Å². The van der Waals surface area contributed by atoms with Crippen LogP contribution in [0.2, 0.25) is 0 Å². The Balaban J connectivity index is 1.35. The molecule has 0 N–H and O–H groups in total. The van der Waals surface area contributed by atoms with Crippen molar-refractivity contribution in [2.24, 2.45) is 0 Å². The molecule has 1 nitrogen and oxygen atoms in total. The first-order chi connectivity index (χ1) is 23.3. The Hall–Kier alpha value is -6.18. The quantitative estimate of drug-likeness (QED) is 0.180. The summed E-state index contributed by atoms with van der Waals surface area (Å²) in [5, 5.41) is 9.86. The van der Waals surface area contributed by atoms with Gasteiger partial charge in [-0.15, -0.1) is 0 Å². The van der Waals surface area contributed by atoms with Crippen molar-refractivity contribution in [3.63, 3.8) is 0 Å². The largest absolute Gasteiger partial charge is 0.455 e. The Bertz CT molecular complexity index is 2650. The molecule has 0 atom stereocenters.